The summed E-state index contributed by atoms with van der Waals surface area (Å²) in [5, 5.41) is 3.69. The first-order valence-electron chi connectivity index (χ1n) is 6.70. The highest BCUT2D eigenvalue weighted by Crippen LogP contribution is 2.30. The first kappa shape index (κ1) is 15.2. The zero-order chi connectivity index (χ0) is 16.4. The van der Waals surface area contributed by atoms with Gasteiger partial charge < -0.3 is 9.47 Å². The molecule has 23 heavy (non-hydrogen) atoms. The highest BCUT2D eigenvalue weighted by Gasteiger charge is 2.25. The number of carbonyl (C=O) groups is 1. The van der Waals surface area contributed by atoms with Crippen LogP contribution < -0.4 is 4.74 Å². The van der Waals surface area contributed by atoms with E-state index < -0.39 is 22.3 Å². The molecule has 1 unspecified atom stereocenters. The molecule has 8 heteroatoms. The average Bonchev–Trinajstić information content (AvgIpc) is 2.54. The van der Waals surface area contributed by atoms with Crippen molar-refractivity contribution in [2.75, 3.05) is 0 Å². The minimum Gasteiger partial charge on any atom is -0.454 e. The number of benzene rings is 2. The zero-order valence-corrected chi connectivity index (χ0v) is 12.9. The van der Waals surface area contributed by atoms with E-state index in [0.717, 1.165) is 0 Å². The van der Waals surface area contributed by atoms with Gasteiger partial charge in [-0.15, -0.1) is 5.11 Å². The van der Waals surface area contributed by atoms with E-state index in [-0.39, 0.29) is 16.1 Å². The second-order valence-corrected chi connectivity index (χ2v) is 6.33. The van der Waals surface area contributed by atoms with Crippen molar-refractivity contribution in [3.8, 4) is 5.75 Å². The Labute approximate surface area is 132 Å². The van der Waals surface area contributed by atoms with Gasteiger partial charge >= 0.3 is 5.97 Å². The Balaban J connectivity index is 1.89. The molecule has 1 aliphatic rings. The van der Waals surface area contributed by atoms with E-state index in [2.05, 4.69) is 9.63 Å². The smallest absolute Gasteiger partial charge is 0.345 e. The topological polar surface area (TPSA) is 94.4 Å². The molecule has 0 aliphatic carbocycles. The molecular formula is C15H12N2O5S. The Morgan fingerprint density at radius 2 is 1.78 bits per heavy atom. The van der Waals surface area contributed by atoms with Gasteiger partial charge in [0.25, 0.3) is 10.0 Å². The SMILES string of the molecule is CC1OC(=O)c2cc(N=NS(=O)(=O)c3ccccc3)ccc2O1. The predicted octanol–water partition coefficient (Wildman–Crippen LogP) is 3.05. The number of nitrogens with zero attached hydrogens (tertiary/aromatic N) is 2. The number of ether oxygens (including phenoxy) is 2. The summed E-state index contributed by atoms with van der Waals surface area (Å²) in [4.78, 5) is 11.8. The van der Waals surface area contributed by atoms with Crippen LogP contribution in [-0.4, -0.2) is 20.7 Å². The third-order valence-corrected chi connectivity index (χ3v) is 4.22. The molecule has 1 aliphatic heterocycles. The normalized spacial score (nSPS) is 17.4. The van der Waals surface area contributed by atoms with E-state index >= 15 is 0 Å². The fraction of sp³-hybridized carbons (Fsp3) is 0.133. The van der Waals surface area contributed by atoms with E-state index in [0.29, 0.717) is 5.75 Å². The summed E-state index contributed by atoms with van der Waals surface area (Å²) in [6.45, 7) is 1.60. The number of fused-ring (bicyclic) bond motifs is 1. The summed E-state index contributed by atoms with van der Waals surface area (Å²) in [5.41, 5.74) is 0.384. The molecule has 0 radical (unpaired) electrons. The molecular weight excluding hydrogens is 320 g/mol. The van der Waals surface area contributed by atoms with E-state index in [1.165, 1.54) is 30.3 Å². The lowest BCUT2D eigenvalue weighted by Gasteiger charge is -2.22. The highest BCUT2D eigenvalue weighted by atomic mass is 32.2. The maximum Gasteiger partial charge on any atom is 0.345 e. The lowest BCUT2D eigenvalue weighted by atomic mass is 10.1. The summed E-state index contributed by atoms with van der Waals surface area (Å²) < 4.78 is 37.7. The summed E-state index contributed by atoms with van der Waals surface area (Å²) >= 11 is 0. The predicted molar refractivity (Wildman–Crippen MR) is 80.1 cm³/mol. The van der Waals surface area contributed by atoms with Crippen LogP contribution in [0.3, 0.4) is 0 Å². The van der Waals surface area contributed by atoms with Gasteiger partial charge in [-0.1, -0.05) is 22.7 Å². The van der Waals surface area contributed by atoms with E-state index in [1.807, 2.05) is 0 Å². The average molecular weight is 332 g/mol. The Hall–Kier alpha value is -2.74. The third kappa shape index (κ3) is 3.21. The number of cyclic esters (lactones) is 1. The van der Waals surface area contributed by atoms with Crippen LogP contribution in [0.4, 0.5) is 5.69 Å². The van der Waals surface area contributed by atoms with Gasteiger partial charge in [-0.2, -0.15) is 8.42 Å². The van der Waals surface area contributed by atoms with E-state index in [9.17, 15) is 13.2 Å². The van der Waals surface area contributed by atoms with Crippen molar-refractivity contribution in [3.05, 3.63) is 54.1 Å². The largest absolute Gasteiger partial charge is 0.454 e. The Bertz CT molecular complexity index is 878. The second kappa shape index (κ2) is 5.81. The number of rotatable bonds is 3. The Morgan fingerprint density at radius 1 is 1.04 bits per heavy atom. The maximum atomic E-state index is 12.0. The van der Waals surface area contributed by atoms with Crippen LogP contribution >= 0.6 is 0 Å². The van der Waals surface area contributed by atoms with Gasteiger partial charge in [0.2, 0.25) is 6.29 Å². The van der Waals surface area contributed by atoms with E-state index in [4.69, 9.17) is 9.47 Å². The van der Waals surface area contributed by atoms with Crippen molar-refractivity contribution < 1.29 is 22.7 Å². The number of sulfonamides is 1. The molecule has 0 fully saturated rings. The monoisotopic (exact) mass is 332 g/mol. The van der Waals surface area contributed by atoms with Gasteiger partial charge in [0.05, 0.1) is 10.6 Å². The summed E-state index contributed by atoms with van der Waals surface area (Å²) in [6.07, 6.45) is -0.666. The van der Waals surface area contributed by atoms with Gasteiger partial charge in [-0.25, -0.2) is 4.79 Å². The molecule has 0 bridgehead atoms. The van der Waals surface area contributed by atoms with Gasteiger partial charge in [0.15, 0.2) is 0 Å². The molecule has 0 saturated carbocycles. The second-order valence-electron chi connectivity index (χ2n) is 4.74. The minimum atomic E-state index is -3.89. The van der Waals surface area contributed by atoms with Gasteiger partial charge in [-0.05, 0) is 30.3 Å². The highest BCUT2D eigenvalue weighted by molar-refractivity contribution is 7.90. The van der Waals surface area contributed by atoms with Gasteiger partial charge in [0.1, 0.15) is 11.3 Å². The van der Waals surface area contributed by atoms with Crippen LogP contribution in [0.25, 0.3) is 0 Å². The third-order valence-electron chi connectivity index (χ3n) is 3.05. The molecule has 0 amide bonds. The molecule has 7 nitrogen and oxygen atoms in total. The first-order valence-corrected chi connectivity index (χ1v) is 8.14. The lowest BCUT2D eigenvalue weighted by molar-refractivity contribution is -0.0488. The molecule has 0 spiro atoms. The lowest BCUT2D eigenvalue weighted by Crippen LogP contribution is -2.26. The van der Waals surface area contributed by atoms with Crippen LogP contribution in [0.1, 0.15) is 17.3 Å². The first-order chi connectivity index (χ1) is 11.0. The molecule has 1 heterocycles. The molecule has 0 N–H and O–H groups in total. The summed E-state index contributed by atoms with van der Waals surface area (Å²) in [6, 6.07) is 12.1. The standard InChI is InChI=1S/C15H12N2O5S/c1-10-21-14-8-7-11(9-13(14)15(18)22-10)16-17-23(19,20)12-5-3-2-4-6-12/h2-10H,1H3. The Kier molecular flexibility index (Phi) is 3.83. The Morgan fingerprint density at radius 3 is 2.52 bits per heavy atom. The van der Waals surface area contributed by atoms with Crippen molar-refractivity contribution in [2.24, 2.45) is 9.63 Å². The van der Waals surface area contributed by atoms with Crippen LogP contribution in [-0.2, 0) is 14.8 Å². The number of hydrogen-bond donors (Lipinski definition) is 0. The van der Waals surface area contributed by atoms with Crippen LogP contribution in [0.15, 0.2) is 63.1 Å². The van der Waals surface area contributed by atoms with Crippen molar-refractivity contribution in [1.82, 2.24) is 0 Å². The van der Waals surface area contributed by atoms with Crippen molar-refractivity contribution in [1.29, 1.82) is 0 Å². The zero-order valence-electron chi connectivity index (χ0n) is 12.0. The molecule has 3 rings (SSSR count). The summed E-state index contributed by atoms with van der Waals surface area (Å²) in [7, 11) is -3.89. The number of carbonyl (C=O) groups excluding carboxylic acids is 1. The van der Waals surface area contributed by atoms with Crippen molar-refractivity contribution in [2.45, 2.75) is 18.1 Å². The van der Waals surface area contributed by atoms with Crippen molar-refractivity contribution in [3.63, 3.8) is 0 Å². The fourth-order valence-corrected chi connectivity index (χ4v) is 2.80. The van der Waals surface area contributed by atoms with Crippen LogP contribution in [0.5, 0.6) is 5.75 Å². The van der Waals surface area contributed by atoms with Crippen LogP contribution in [0, 0.1) is 0 Å². The fourth-order valence-electron chi connectivity index (χ4n) is 2.00. The van der Waals surface area contributed by atoms with E-state index in [1.54, 1.807) is 25.1 Å². The van der Waals surface area contributed by atoms with Gasteiger partial charge in [0, 0.05) is 6.92 Å². The van der Waals surface area contributed by atoms with Gasteiger partial charge in [-0.3, -0.25) is 0 Å². The van der Waals surface area contributed by atoms with Crippen LogP contribution in [0.2, 0.25) is 0 Å². The molecule has 2 aromatic carbocycles. The summed E-state index contributed by atoms with van der Waals surface area (Å²) in [5.74, 6) is -0.194. The number of hydrogen-bond acceptors (Lipinski definition) is 6. The molecule has 0 aromatic heterocycles. The molecule has 0 saturated heterocycles. The quantitative estimate of drug-likeness (QED) is 0.636. The van der Waals surface area contributed by atoms with Crippen molar-refractivity contribution >= 4 is 21.7 Å². The molecule has 118 valence electrons. The number of esters is 1. The molecule has 2 aromatic rings. The molecule has 1 atom stereocenters. The maximum absolute atomic E-state index is 12.0. The minimum absolute atomic E-state index is 0.0401.